The Labute approximate surface area is 101 Å². The topological polar surface area (TPSA) is 55.9 Å². The van der Waals surface area contributed by atoms with Crippen LogP contribution < -0.4 is 5.32 Å². The zero-order chi connectivity index (χ0) is 12.1. The molecule has 2 heterocycles. The van der Waals surface area contributed by atoms with E-state index in [2.05, 4.69) is 26.9 Å². The van der Waals surface area contributed by atoms with Crippen molar-refractivity contribution in [3.63, 3.8) is 0 Å². The monoisotopic (exact) mass is 234 g/mol. The highest BCUT2D eigenvalue weighted by atomic mass is 16.5. The van der Waals surface area contributed by atoms with Gasteiger partial charge in [-0.3, -0.25) is 0 Å². The van der Waals surface area contributed by atoms with E-state index in [-0.39, 0.29) is 0 Å². The normalized spacial score (nSPS) is 10.9. The fraction of sp³-hybridized carbons (Fsp3) is 0.500. The predicted molar refractivity (Wildman–Crippen MR) is 64.6 cm³/mol. The van der Waals surface area contributed by atoms with E-state index in [1.165, 1.54) is 0 Å². The molecule has 17 heavy (non-hydrogen) atoms. The average molecular weight is 234 g/mol. The maximum absolute atomic E-state index is 5.20. The minimum atomic E-state index is 0.685. The number of nitrogens with zero attached hydrogens (tertiary/aromatic N) is 3. The van der Waals surface area contributed by atoms with E-state index in [1.54, 1.807) is 0 Å². The Balaban J connectivity index is 1.98. The molecular weight excluding hydrogens is 216 g/mol. The van der Waals surface area contributed by atoms with Crippen molar-refractivity contribution in [2.24, 2.45) is 0 Å². The van der Waals surface area contributed by atoms with Gasteiger partial charge in [-0.05, 0) is 19.9 Å². The van der Waals surface area contributed by atoms with Crippen LogP contribution in [-0.2, 0) is 13.1 Å². The first kappa shape index (κ1) is 11.9. The molecule has 0 fully saturated rings. The molecule has 0 aliphatic rings. The summed E-state index contributed by atoms with van der Waals surface area (Å²) in [4.78, 5) is 4.33. The highest BCUT2D eigenvalue weighted by Gasteiger charge is 2.06. The summed E-state index contributed by atoms with van der Waals surface area (Å²) >= 11 is 0. The van der Waals surface area contributed by atoms with Crippen LogP contribution in [0.5, 0.6) is 0 Å². The Morgan fingerprint density at radius 3 is 3.06 bits per heavy atom. The molecule has 92 valence electrons. The smallest absolute Gasteiger partial charge is 0.156 e. The number of hydrogen-bond acceptors (Lipinski definition) is 4. The zero-order valence-electron chi connectivity index (χ0n) is 10.3. The van der Waals surface area contributed by atoms with Crippen LogP contribution in [0.3, 0.4) is 0 Å². The fourth-order valence-corrected chi connectivity index (χ4v) is 1.69. The lowest BCUT2D eigenvalue weighted by Crippen LogP contribution is -2.17. The molecular formula is C12H18N4O. The van der Waals surface area contributed by atoms with Crippen molar-refractivity contribution >= 4 is 0 Å². The van der Waals surface area contributed by atoms with Crippen molar-refractivity contribution in [3.05, 3.63) is 35.7 Å². The Morgan fingerprint density at radius 1 is 1.47 bits per heavy atom. The third-order valence-corrected chi connectivity index (χ3v) is 2.51. The van der Waals surface area contributed by atoms with E-state index in [9.17, 15) is 0 Å². The van der Waals surface area contributed by atoms with Gasteiger partial charge in [0.05, 0.1) is 18.8 Å². The van der Waals surface area contributed by atoms with Gasteiger partial charge in [-0.15, -0.1) is 0 Å². The summed E-state index contributed by atoms with van der Waals surface area (Å²) in [5.74, 6) is 1.88. The number of imidazole rings is 1. The van der Waals surface area contributed by atoms with Gasteiger partial charge in [0.25, 0.3) is 0 Å². The number of aryl methyl sites for hydroxylation is 1. The molecule has 2 rings (SSSR count). The van der Waals surface area contributed by atoms with Gasteiger partial charge in [-0.2, -0.15) is 0 Å². The van der Waals surface area contributed by atoms with E-state index >= 15 is 0 Å². The molecule has 1 N–H and O–H groups in total. The first-order valence-electron chi connectivity index (χ1n) is 5.92. The molecule has 5 nitrogen and oxygen atoms in total. The van der Waals surface area contributed by atoms with E-state index < -0.39 is 0 Å². The van der Waals surface area contributed by atoms with Crippen molar-refractivity contribution in [1.29, 1.82) is 0 Å². The van der Waals surface area contributed by atoms with E-state index in [0.29, 0.717) is 6.54 Å². The van der Waals surface area contributed by atoms with E-state index in [0.717, 1.165) is 36.8 Å². The molecule has 2 aromatic heterocycles. The average Bonchev–Trinajstić information content (AvgIpc) is 2.90. The third kappa shape index (κ3) is 3.17. The van der Waals surface area contributed by atoms with Crippen molar-refractivity contribution in [2.75, 3.05) is 6.54 Å². The first-order chi connectivity index (χ1) is 8.29. The second kappa shape index (κ2) is 5.63. The molecule has 5 heteroatoms. The summed E-state index contributed by atoms with van der Waals surface area (Å²) in [5.41, 5.74) is 0.908. The third-order valence-electron chi connectivity index (χ3n) is 2.51. The molecule has 0 bridgehead atoms. The molecule has 0 aromatic carbocycles. The lowest BCUT2D eigenvalue weighted by molar-refractivity contribution is 0.371. The van der Waals surface area contributed by atoms with Crippen LogP contribution in [0.25, 0.3) is 0 Å². The van der Waals surface area contributed by atoms with Crippen LogP contribution in [0.1, 0.15) is 30.6 Å². The molecule has 2 aromatic rings. The fourth-order valence-electron chi connectivity index (χ4n) is 1.69. The van der Waals surface area contributed by atoms with Crippen LogP contribution in [-0.4, -0.2) is 21.3 Å². The largest absolute Gasteiger partial charge is 0.359 e. The lowest BCUT2D eigenvalue weighted by atomic mass is 10.4. The van der Waals surface area contributed by atoms with E-state index in [1.807, 2.05) is 25.4 Å². The minimum Gasteiger partial charge on any atom is -0.359 e. The number of hydrogen-bond donors (Lipinski definition) is 1. The molecule has 0 aliphatic carbocycles. The van der Waals surface area contributed by atoms with E-state index in [4.69, 9.17) is 4.52 Å². The predicted octanol–water partition coefficient (Wildman–Crippen LogP) is 1.73. The van der Waals surface area contributed by atoms with Gasteiger partial charge in [0.15, 0.2) is 5.76 Å². The highest BCUT2D eigenvalue weighted by Crippen LogP contribution is 2.07. The molecule has 0 aliphatic heterocycles. The second-order valence-corrected chi connectivity index (χ2v) is 4.08. The quantitative estimate of drug-likeness (QED) is 0.773. The number of rotatable bonds is 6. The van der Waals surface area contributed by atoms with Gasteiger partial charge in [-0.25, -0.2) is 4.98 Å². The summed E-state index contributed by atoms with van der Waals surface area (Å²) < 4.78 is 7.27. The molecule has 0 atom stereocenters. The van der Waals surface area contributed by atoms with Gasteiger partial charge >= 0.3 is 0 Å². The maximum Gasteiger partial charge on any atom is 0.156 e. The molecule has 0 saturated heterocycles. The number of nitrogens with one attached hydrogen (secondary N) is 1. The summed E-state index contributed by atoms with van der Waals surface area (Å²) in [7, 11) is 0. The minimum absolute atomic E-state index is 0.685. The standard InChI is InChI=1S/C12H18N4O/c1-3-4-13-8-12-14-5-6-16(12)9-11-7-10(2)15-17-11/h5-7,13H,3-4,8-9H2,1-2H3. The van der Waals surface area contributed by atoms with Gasteiger partial charge < -0.3 is 14.4 Å². The summed E-state index contributed by atoms with van der Waals surface area (Å²) in [6, 6.07) is 1.95. The van der Waals surface area contributed by atoms with Crippen molar-refractivity contribution in [2.45, 2.75) is 33.4 Å². The molecule has 0 saturated carbocycles. The van der Waals surface area contributed by atoms with Crippen molar-refractivity contribution < 1.29 is 4.52 Å². The Kier molecular flexibility index (Phi) is 3.93. The van der Waals surface area contributed by atoms with Crippen LogP contribution in [0.15, 0.2) is 23.0 Å². The lowest BCUT2D eigenvalue weighted by Gasteiger charge is -2.06. The summed E-state index contributed by atoms with van der Waals surface area (Å²) in [5, 5.41) is 7.22. The molecule has 0 unspecified atom stereocenters. The Hall–Kier alpha value is -1.62. The van der Waals surface area contributed by atoms with Gasteiger partial charge in [0.1, 0.15) is 5.82 Å². The van der Waals surface area contributed by atoms with Crippen molar-refractivity contribution in [1.82, 2.24) is 20.0 Å². The SMILES string of the molecule is CCCNCc1nccn1Cc1cc(C)no1. The van der Waals surface area contributed by atoms with Crippen LogP contribution >= 0.6 is 0 Å². The first-order valence-corrected chi connectivity index (χ1v) is 5.92. The van der Waals surface area contributed by atoms with Crippen LogP contribution in [0.2, 0.25) is 0 Å². The Bertz CT molecular complexity index is 461. The number of aromatic nitrogens is 3. The summed E-state index contributed by atoms with van der Waals surface area (Å²) in [6.45, 7) is 6.55. The van der Waals surface area contributed by atoms with Gasteiger partial charge in [0.2, 0.25) is 0 Å². The van der Waals surface area contributed by atoms with Crippen LogP contribution in [0.4, 0.5) is 0 Å². The highest BCUT2D eigenvalue weighted by molar-refractivity contribution is 5.05. The van der Waals surface area contributed by atoms with Crippen LogP contribution in [0, 0.1) is 6.92 Å². The van der Waals surface area contributed by atoms with Crippen molar-refractivity contribution in [3.8, 4) is 0 Å². The van der Waals surface area contributed by atoms with Gasteiger partial charge in [-0.1, -0.05) is 12.1 Å². The van der Waals surface area contributed by atoms with Gasteiger partial charge in [0, 0.05) is 18.5 Å². The molecule has 0 radical (unpaired) electrons. The second-order valence-electron chi connectivity index (χ2n) is 4.08. The maximum atomic E-state index is 5.20. The zero-order valence-corrected chi connectivity index (χ0v) is 10.3. The Morgan fingerprint density at radius 2 is 2.35 bits per heavy atom. The summed E-state index contributed by atoms with van der Waals surface area (Å²) in [6.07, 6.45) is 4.90. The molecule has 0 spiro atoms. The molecule has 0 amide bonds.